The third kappa shape index (κ3) is 5.40. The van der Waals surface area contributed by atoms with E-state index in [2.05, 4.69) is 15.3 Å². The van der Waals surface area contributed by atoms with E-state index in [1.807, 2.05) is 66.2 Å². The normalized spacial score (nSPS) is 11.0. The van der Waals surface area contributed by atoms with Crippen LogP contribution in [0.15, 0.2) is 71.6 Å². The Kier molecular flexibility index (Phi) is 6.32. The second-order valence-electron chi connectivity index (χ2n) is 6.45. The molecule has 0 saturated heterocycles. The number of carbonyl (C=O) groups is 1. The van der Waals surface area contributed by atoms with Crippen molar-refractivity contribution in [1.29, 1.82) is 0 Å². The van der Waals surface area contributed by atoms with Crippen LogP contribution in [0.1, 0.15) is 16.3 Å². The monoisotopic (exact) mass is 433 g/mol. The van der Waals surface area contributed by atoms with Gasteiger partial charge < -0.3 is 10.1 Å². The van der Waals surface area contributed by atoms with Crippen LogP contribution in [0.3, 0.4) is 0 Å². The van der Waals surface area contributed by atoms with Crippen LogP contribution in [0.4, 0.5) is 5.69 Å². The molecule has 4 aromatic rings. The number of thiazole rings is 2. The molecular weight excluding hydrogens is 414 g/mol. The summed E-state index contributed by atoms with van der Waals surface area (Å²) in [5.74, 6) is 0.582. The summed E-state index contributed by atoms with van der Waals surface area (Å²) in [5.41, 5.74) is 3.62. The summed E-state index contributed by atoms with van der Waals surface area (Å²) in [6, 6.07) is 15.2. The summed E-state index contributed by atoms with van der Waals surface area (Å²) < 4.78 is 5.74. The number of hydrogen-bond acceptors (Lipinski definition) is 6. The van der Waals surface area contributed by atoms with Gasteiger partial charge in [0.15, 0.2) is 0 Å². The fourth-order valence-electron chi connectivity index (χ4n) is 2.72. The van der Waals surface area contributed by atoms with Gasteiger partial charge in [0.1, 0.15) is 17.4 Å². The Labute approximate surface area is 182 Å². The van der Waals surface area contributed by atoms with E-state index >= 15 is 0 Å². The minimum Gasteiger partial charge on any atom is -0.487 e. The number of rotatable bonds is 7. The smallest absolute Gasteiger partial charge is 0.248 e. The van der Waals surface area contributed by atoms with Crippen molar-refractivity contribution in [2.24, 2.45) is 0 Å². The van der Waals surface area contributed by atoms with Gasteiger partial charge in [-0.05, 0) is 55.0 Å². The Hall–Kier alpha value is -3.29. The number of carbonyl (C=O) groups excluding carboxylic acids is 1. The van der Waals surface area contributed by atoms with Crippen LogP contribution in [0.2, 0.25) is 0 Å². The number of hydrogen-bond donors (Lipinski definition) is 1. The number of aryl methyl sites for hydroxylation is 1. The molecule has 30 heavy (non-hydrogen) atoms. The summed E-state index contributed by atoms with van der Waals surface area (Å²) in [6.45, 7) is 2.42. The van der Waals surface area contributed by atoms with Crippen molar-refractivity contribution in [1.82, 2.24) is 9.97 Å². The maximum atomic E-state index is 12.2. The number of benzene rings is 2. The number of nitrogens with zero attached hydrogens (tertiary/aromatic N) is 2. The van der Waals surface area contributed by atoms with Crippen LogP contribution in [-0.4, -0.2) is 15.9 Å². The van der Waals surface area contributed by atoms with Gasteiger partial charge in [0.25, 0.3) is 0 Å². The topological polar surface area (TPSA) is 64.1 Å². The molecule has 7 heteroatoms. The SMILES string of the molecule is Cc1nc(COc2ccc(/C=C/C(=O)Nc3ccc(-c4nccs4)cc3)cc2)cs1. The van der Waals surface area contributed by atoms with Crippen molar-refractivity contribution >= 4 is 40.3 Å². The molecule has 1 N–H and O–H groups in total. The highest BCUT2D eigenvalue weighted by Gasteiger charge is 2.03. The minimum atomic E-state index is -0.184. The highest BCUT2D eigenvalue weighted by atomic mass is 32.1. The first-order valence-electron chi connectivity index (χ1n) is 9.28. The van der Waals surface area contributed by atoms with Crippen molar-refractivity contribution in [2.45, 2.75) is 13.5 Å². The molecule has 0 radical (unpaired) electrons. The quantitative estimate of drug-likeness (QED) is 0.374. The van der Waals surface area contributed by atoms with Crippen molar-refractivity contribution in [3.8, 4) is 16.3 Å². The third-order valence-corrected chi connectivity index (χ3v) is 5.84. The predicted octanol–water partition coefficient (Wildman–Crippen LogP) is 5.81. The minimum absolute atomic E-state index is 0.184. The molecule has 150 valence electrons. The number of aromatic nitrogens is 2. The van der Waals surface area contributed by atoms with E-state index in [1.54, 1.807) is 34.9 Å². The Bertz CT molecular complexity index is 1130. The lowest BCUT2D eigenvalue weighted by Crippen LogP contribution is -2.07. The summed E-state index contributed by atoms with van der Waals surface area (Å²) in [4.78, 5) is 20.9. The van der Waals surface area contributed by atoms with Gasteiger partial charge in [0.05, 0.1) is 10.7 Å². The molecule has 0 atom stereocenters. The summed E-state index contributed by atoms with van der Waals surface area (Å²) in [5, 5.41) is 8.79. The zero-order valence-electron chi connectivity index (χ0n) is 16.2. The average molecular weight is 434 g/mol. The molecule has 0 fully saturated rings. The van der Waals surface area contributed by atoms with E-state index in [4.69, 9.17) is 4.74 Å². The van der Waals surface area contributed by atoms with Gasteiger partial charge in [-0.3, -0.25) is 4.79 Å². The van der Waals surface area contributed by atoms with Crippen molar-refractivity contribution in [3.63, 3.8) is 0 Å². The molecule has 0 aliphatic heterocycles. The average Bonchev–Trinajstić information content (AvgIpc) is 3.44. The summed E-state index contributed by atoms with van der Waals surface area (Å²) in [7, 11) is 0. The first kappa shape index (κ1) is 20.0. The summed E-state index contributed by atoms with van der Waals surface area (Å²) >= 11 is 3.20. The molecule has 0 aliphatic rings. The van der Waals surface area contributed by atoms with E-state index < -0.39 is 0 Å². The molecule has 1 amide bonds. The van der Waals surface area contributed by atoms with Crippen molar-refractivity contribution in [2.75, 3.05) is 5.32 Å². The Morgan fingerprint density at radius 3 is 2.57 bits per heavy atom. The molecule has 0 aliphatic carbocycles. The molecule has 5 nitrogen and oxygen atoms in total. The lowest BCUT2D eigenvalue weighted by molar-refractivity contribution is -0.111. The van der Waals surface area contributed by atoms with Gasteiger partial charge in [0, 0.05) is 34.3 Å². The van der Waals surface area contributed by atoms with Crippen LogP contribution in [0.25, 0.3) is 16.6 Å². The number of amides is 1. The predicted molar refractivity (Wildman–Crippen MR) is 123 cm³/mol. The van der Waals surface area contributed by atoms with Gasteiger partial charge in [-0.2, -0.15) is 0 Å². The van der Waals surface area contributed by atoms with Gasteiger partial charge >= 0.3 is 0 Å². The molecule has 0 saturated carbocycles. The molecule has 0 unspecified atom stereocenters. The third-order valence-electron chi connectivity index (χ3n) is 4.19. The molecule has 4 rings (SSSR count). The largest absolute Gasteiger partial charge is 0.487 e. The van der Waals surface area contributed by atoms with Crippen LogP contribution >= 0.6 is 22.7 Å². The van der Waals surface area contributed by atoms with E-state index in [-0.39, 0.29) is 5.91 Å². The van der Waals surface area contributed by atoms with E-state index in [9.17, 15) is 4.79 Å². The molecule has 2 heterocycles. The Morgan fingerprint density at radius 2 is 1.90 bits per heavy atom. The zero-order valence-corrected chi connectivity index (χ0v) is 17.9. The molecule has 0 spiro atoms. The van der Waals surface area contributed by atoms with Crippen LogP contribution in [0.5, 0.6) is 5.75 Å². The number of anilines is 1. The Morgan fingerprint density at radius 1 is 1.10 bits per heavy atom. The lowest BCUT2D eigenvalue weighted by Gasteiger charge is -2.05. The van der Waals surface area contributed by atoms with Gasteiger partial charge in [-0.25, -0.2) is 9.97 Å². The number of ether oxygens (including phenoxy) is 1. The molecule has 2 aromatic carbocycles. The second-order valence-corrected chi connectivity index (χ2v) is 8.41. The van der Waals surface area contributed by atoms with Crippen LogP contribution in [0, 0.1) is 6.92 Å². The maximum Gasteiger partial charge on any atom is 0.248 e. The summed E-state index contributed by atoms with van der Waals surface area (Å²) in [6.07, 6.45) is 5.07. The van der Waals surface area contributed by atoms with Crippen LogP contribution in [-0.2, 0) is 11.4 Å². The highest BCUT2D eigenvalue weighted by molar-refractivity contribution is 7.13. The van der Waals surface area contributed by atoms with E-state index in [0.29, 0.717) is 6.61 Å². The van der Waals surface area contributed by atoms with E-state index in [0.717, 1.165) is 38.3 Å². The maximum absolute atomic E-state index is 12.2. The Balaban J connectivity index is 1.29. The van der Waals surface area contributed by atoms with Crippen molar-refractivity contribution < 1.29 is 9.53 Å². The fourth-order valence-corrected chi connectivity index (χ4v) is 3.97. The molecular formula is C23H19N3O2S2. The first-order chi connectivity index (χ1) is 14.7. The lowest BCUT2D eigenvalue weighted by atomic mass is 10.2. The standard InChI is InChI=1S/C23H19N3O2S2/c1-16-25-20(15-30-16)14-28-21-9-2-17(3-10-21)4-11-22(27)26-19-7-5-18(6-8-19)23-24-12-13-29-23/h2-13,15H,14H2,1H3,(H,26,27)/b11-4+. The molecule has 2 aromatic heterocycles. The highest BCUT2D eigenvalue weighted by Crippen LogP contribution is 2.23. The fraction of sp³-hybridized carbons (Fsp3) is 0.0870. The van der Waals surface area contributed by atoms with E-state index in [1.165, 1.54) is 6.08 Å². The zero-order chi connectivity index (χ0) is 20.8. The number of nitrogens with one attached hydrogen (secondary N) is 1. The first-order valence-corrected chi connectivity index (χ1v) is 11.0. The van der Waals surface area contributed by atoms with Crippen LogP contribution < -0.4 is 10.1 Å². The second kappa shape index (κ2) is 9.47. The van der Waals surface area contributed by atoms with Gasteiger partial charge in [0.2, 0.25) is 5.91 Å². The van der Waals surface area contributed by atoms with Crippen molar-refractivity contribution in [3.05, 3.63) is 87.8 Å². The molecule has 0 bridgehead atoms. The van der Waals surface area contributed by atoms with Gasteiger partial charge in [-0.15, -0.1) is 22.7 Å². The van der Waals surface area contributed by atoms with Gasteiger partial charge in [-0.1, -0.05) is 12.1 Å².